The average molecular weight is 253 g/mol. The Morgan fingerprint density at radius 2 is 1.74 bits per heavy atom. The highest BCUT2D eigenvalue weighted by molar-refractivity contribution is 5.34. The summed E-state index contributed by atoms with van der Waals surface area (Å²) >= 11 is 0. The molecule has 0 heterocycles. The smallest absolute Gasteiger partial charge is 0.0681 e. The lowest BCUT2D eigenvalue weighted by Gasteiger charge is -2.14. The highest BCUT2D eigenvalue weighted by Crippen LogP contribution is 2.30. The summed E-state index contributed by atoms with van der Waals surface area (Å²) in [6.45, 7) is 0.994. The van der Waals surface area contributed by atoms with Crippen LogP contribution >= 0.6 is 0 Å². The van der Waals surface area contributed by atoms with E-state index in [-0.39, 0.29) is 6.61 Å². The van der Waals surface area contributed by atoms with Crippen molar-refractivity contribution in [2.45, 2.75) is 32.0 Å². The van der Waals surface area contributed by atoms with Crippen LogP contribution in [-0.4, -0.2) is 5.11 Å². The normalized spacial score (nSPS) is 17.4. The van der Waals surface area contributed by atoms with Crippen LogP contribution in [-0.2, 0) is 19.6 Å². The molecule has 0 aromatic heterocycles. The van der Waals surface area contributed by atoms with E-state index in [0.29, 0.717) is 6.04 Å². The molecule has 0 amide bonds. The Balaban J connectivity index is 1.64. The van der Waals surface area contributed by atoms with E-state index in [1.807, 2.05) is 12.1 Å². The molecule has 2 N–H and O–H groups in total. The standard InChI is InChI=1S/C17H19NO/c19-12-14-7-5-13(6-8-14)11-18-17-10-9-15-3-1-2-4-16(15)17/h1-8,17-19H,9-12H2. The minimum absolute atomic E-state index is 0.115. The summed E-state index contributed by atoms with van der Waals surface area (Å²) < 4.78 is 0. The van der Waals surface area contributed by atoms with Gasteiger partial charge >= 0.3 is 0 Å². The van der Waals surface area contributed by atoms with Gasteiger partial charge in [0.25, 0.3) is 0 Å². The van der Waals surface area contributed by atoms with Gasteiger partial charge in [-0.15, -0.1) is 0 Å². The Kier molecular flexibility index (Phi) is 3.62. The maximum Gasteiger partial charge on any atom is 0.0681 e. The topological polar surface area (TPSA) is 32.3 Å². The van der Waals surface area contributed by atoms with Gasteiger partial charge in [0, 0.05) is 12.6 Å². The molecular weight excluding hydrogens is 234 g/mol. The predicted molar refractivity (Wildman–Crippen MR) is 76.7 cm³/mol. The molecule has 0 bridgehead atoms. The number of fused-ring (bicyclic) bond motifs is 1. The molecule has 2 aromatic carbocycles. The number of nitrogens with one attached hydrogen (secondary N) is 1. The second-order valence-corrected chi connectivity index (χ2v) is 5.15. The summed E-state index contributed by atoms with van der Waals surface area (Å²) in [5, 5.41) is 12.7. The molecule has 3 rings (SSSR count). The van der Waals surface area contributed by atoms with E-state index >= 15 is 0 Å². The summed E-state index contributed by atoms with van der Waals surface area (Å²) in [6, 6.07) is 17.3. The SMILES string of the molecule is OCc1ccc(CNC2CCc3ccccc32)cc1. The van der Waals surface area contributed by atoms with E-state index < -0.39 is 0 Å². The van der Waals surface area contributed by atoms with Gasteiger partial charge in [0.15, 0.2) is 0 Å². The Morgan fingerprint density at radius 3 is 2.53 bits per heavy atom. The fraction of sp³-hybridized carbons (Fsp3) is 0.294. The molecule has 1 aliphatic carbocycles. The van der Waals surface area contributed by atoms with E-state index in [0.717, 1.165) is 12.1 Å². The molecule has 0 aliphatic heterocycles. The minimum atomic E-state index is 0.115. The highest BCUT2D eigenvalue weighted by Gasteiger charge is 2.20. The summed E-state index contributed by atoms with van der Waals surface area (Å²) in [7, 11) is 0. The molecule has 0 fully saturated rings. The first-order valence-electron chi connectivity index (χ1n) is 6.86. The zero-order valence-electron chi connectivity index (χ0n) is 11.0. The van der Waals surface area contributed by atoms with E-state index in [2.05, 4.69) is 41.7 Å². The molecule has 1 unspecified atom stereocenters. The Labute approximate surface area is 114 Å². The summed E-state index contributed by atoms with van der Waals surface area (Å²) in [6.07, 6.45) is 2.37. The molecular formula is C17H19NO. The van der Waals surface area contributed by atoms with Crippen LogP contribution < -0.4 is 5.32 Å². The van der Waals surface area contributed by atoms with Crippen LogP contribution in [0.1, 0.15) is 34.7 Å². The van der Waals surface area contributed by atoms with Crippen molar-refractivity contribution in [3.05, 3.63) is 70.8 Å². The van der Waals surface area contributed by atoms with Gasteiger partial charge in [-0.3, -0.25) is 0 Å². The third-order valence-corrected chi connectivity index (χ3v) is 3.89. The molecule has 2 nitrogen and oxygen atoms in total. The van der Waals surface area contributed by atoms with Crippen molar-refractivity contribution in [3.8, 4) is 0 Å². The zero-order chi connectivity index (χ0) is 13.1. The fourth-order valence-corrected chi connectivity index (χ4v) is 2.77. The van der Waals surface area contributed by atoms with Gasteiger partial charge in [-0.1, -0.05) is 48.5 Å². The van der Waals surface area contributed by atoms with Gasteiger partial charge in [-0.25, -0.2) is 0 Å². The first kappa shape index (κ1) is 12.4. The van der Waals surface area contributed by atoms with Crippen molar-refractivity contribution in [1.82, 2.24) is 5.32 Å². The van der Waals surface area contributed by atoms with Crippen molar-refractivity contribution in [1.29, 1.82) is 0 Å². The van der Waals surface area contributed by atoms with Gasteiger partial charge in [0.05, 0.1) is 6.61 Å². The lowest BCUT2D eigenvalue weighted by atomic mass is 10.1. The van der Waals surface area contributed by atoms with Crippen molar-refractivity contribution in [2.24, 2.45) is 0 Å². The van der Waals surface area contributed by atoms with E-state index in [1.54, 1.807) is 0 Å². The molecule has 1 aliphatic rings. The van der Waals surface area contributed by atoms with Crippen molar-refractivity contribution in [3.63, 3.8) is 0 Å². The molecule has 0 radical (unpaired) electrons. The lowest BCUT2D eigenvalue weighted by molar-refractivity contribution is 0.282. The van der Waals surface area contributed by atoms with Crippen LogP contribution in [0.15, 0.2) is 48.5 Å². The third-order valence-electron chi connectivity index (χ3n) is 3.89. The van der Waals surface area contributed by atoms with E-state index in [9.17, 15) is 0 Å². The molecule has 0 spiro atoms. The highest BCUT2D eigenvalue weighted by atomic mass is 16.3. The molecule has 98 valence electrons. The van der Waals surface area contributed by atoms with Crippen molar-refractivity contribution in [2.75, 3.05) is 0 Å². The van der Waals surface area contributed by atoms with Crippen LogP contribution in [0.5, 0.6) is 0 Å². The monoisotopic (exact) mass is 253 g/mol. The quantitative estimate of drug-likeness (QED) is 0.878. The van der Waals surface area contributed by atoms with Crippen molar-refractivity contribution < 1.29 is 5.11 Å². The first-order chi connectivity index (χ1) is 9.36. The molecule has 19 heavy (non-hydrogen) atoms. The second kappa shape index (κ2) is 5.55. The summed E-state index contributed by atoms with van der Waals surface area (Å²) in [5.41, 5.74) is 5.17. The number of rotatable bonds is 4. The molecule has 1 atom stereocenters. The molecule has 2 aromatic rings. The number of benzene rings is 2. The van der Waals surface area contributed by atoms with Crippen LogP contribution in [0, 0.1) is 0 Å². The summed E-state index contributed by atoms with van der Waals surface area (Å²) in [4.78, 5) is 0. The number of aliphatic hydroxyl groups is 1. The predicted octanol–water partition coefficient (Wildman–Crippen LogP) is 2.96. The molecule has 2 heteroatoms. The largest absolute Gasteiger partial charge is 0.392 e. The van der Waals surface area contributed by atoms with Gasteiger partial charge < -0.3 is 10.4 Å². The maximum absolute atomic E-state index is 9.02. The lowest BCUT2D eigenvalue weighted by Crippen LogP contribution is -2.18. The fourth-order valence-electron chi connectivity index (χ4n) is 2.77. The number of aryl methyl sites for hydroxylation is 1. The first-order valence-corrected chi connectivity index (χ1v) is 6.86. The number of aliphatic hydroxyl groups excluding tert-OH is 1. The third kappa shape index (κ3) is 2.70. The van der Waals surface area contributed by atoms with Gasteiger partial charge in [0.2, 0.25) is 0 Å². The van der Waals surface area contributed by atoms with Crippen LogP contribution in [0.2, 0.25) is 0 Å². The maximum atomic E-state index is 9.02. The second-order valence-electron chi connectivity index (χ2n) is 5.15. The minimum Gasteiger partial charge on any atom is -0.392 e. The Bertz CT molecular complexity index is 547. The molecule has 0 saturated carbocycles. The summed E-state index contributed by atoms with van der Waals surface area (Å²) in [5.74, 6) is 0. The average Bonchev–Trinajstić information content (AvgIpc) is 2.89. The van der Waals surface area contributed by atoms with Crippen LogP contribution in [0.4, 0.5) is 0 Å². The van der Waals surface area contributed by atoms with Gasteiger partial charge in [-0.2, -0.15) is 0 Å². The van der Waals surface area contributed by atoms with Crippen LogP contribution in [0.25, 0.3) is 0 Å². The number of hydrogen-bond acceptors (Lipinski definition) is 2. The number of hydrogen-bond donors (Lipinski definition) is 2. The Hall–Kier alpha value is -1.64. The Morgan fingerprint density at radius 1 is 1.00 bits per heavy atom. The van der Waals surface area contributed by atoms with Crippen LogP contribution in [0.3, 0.4) is 0 Å². The van der Waals surface area contributed by atoms with Crippen molar-refractivity contribution >= 4 is 0 Å². The van der Waals surface area contributed by atoms with Gasteiger partial charge in [-0.05, 0) is 35.1 Å². The van der Waals surface area contributed by atoms with Gasteiger partial charge in [0.1, 0.15) is 0 Å². The zero-order valence-corrected chi connectivity index (χ0v) is 11.0. The molecule has 0 saturated heterocycles. The van der Waals surface area contributed by atoms with E-state index in [1.165, 1.54) is 29.5 Å². The van der Waals surface area contributed by atoms with E-state index in [4.69, 9.17) is 5.11 Å².